The van der Waals surface area contributed by atoms with Crippen molar-refractivity contribution in [3.05, 3.63) is 53.1 Å². The van der Waals surface area contributed by atoms with E-state index in [1.165, 1.54) is 17.7 Å². The molecule has 7 heteroatoms. The maximum Gasteiger partial charge on any atom is 0.303 e. The average Bonchev–Trinajstić information content (AvgIpc) is 2.57. The fourth-order valence-corrected chi connectivity index (χ4v) is 2.53. The van der Waals surface area contributed by atoms with Gasteiger partial charge in [-0.15, -0.1) is 6.58 Å². The number of para-hydroxylation sites is 1. The Balaban J connectivity index is 2.69. The van der Waals surface area contributed by atoms with Crippen molar-refractivity contribution < 1.29 is 14.6 Å². The van der Waals surface area contributed by atoms with Gasteiger partial charge in [-0.2, -0.15) is 0 Å². The number of fused-ring (bicyclic) bond motifs is 1. The van der Waals surface area contributed by atoms with E-state index in [0.717, 1.165) is 0 Å². The zero-order valence-electron chi connectivity index (χ0n) is 15.5. The molecule has 1 aromatic heterocycles. The van der Waals surface area contributed by atoms with Crippen LogP contribution in [-0.4, -0.2) is 33.4 Å². The van der Waals surface area contributed by atoms with Gasteiger partial charge in [-0.3, -0.25) is 9.59 Å². The summed E-state index contributed by atoms with van der Waals surface area (Å²) in [6.45, 7) is 10.6. The molecule has 26 heavy (non-hydrogen) atoms. The fourth-order valence-electron chi connectivity index (χ4n) is 2.53. The minimum Gasteiger partial charge on any atom is -0.454 e. The molecule has 2 N–H and O–H groups in total. The Morgan fingerprint density at radius 3 is 2.65 bits per heavy atom. The third-order valence-electron chi connectivity index (χ3n) is 3.84. The van der Waals surface area contributed by atoms with Gasteiger partial charge in [-0.25, -0.2) is 9.66 Å². The highest BCUT2D eigenvalue weighted by atomic mass is 16.5. The normalized spacial score (nSPS) is 13.9. The molecule has 0 saturated heterocycles. The Labute approximate surface area is 152 Å². The van der Waals surface area contributed by atoms with Gasteiger partial charge in [0.25, 0.3) is 5.56 Å². The van der Waals surface area contributed by atoms with Crippen LogP contribution in [-0.2, 0) is 9.53 Å². The highest BCUT2D eigenvalue weighted by molar-refractivity contribution is 5.77. The Bertz CT molecular complexity index is 867. The Kier molecular flexibility index (Phi) is 5.82. The van der Waals surface area contributed by atoms with Gasteiger partial charge < -0.3 is 15.3 Å². The smallest absolute Gasteiger partial charge is 0.303 e. The molecule has 0 fully saturated rings. The Morgan fingerprint density at radius 1 is 1.42 bits per heavy atom. The largest absolute Gasteiger partial charge is 0.454 e. The maximum absolute atomic E-state index is 13.0. The molecule has 140 valence electrons. The van der Waals surface area contributed by atoms with Crippen LogP contribution >= 0.6 is 0 Å². The van der Waals surface area contributed by atoms with Gasteiger partial charge >= 0.3 is 5.97 Å². The molecule has 7 nitrogen and oxygen atoms in total. The van der Waals surface area contributed by atoms with Crippen molar-refractivity contribution in [2.24, 2.45) is 5.41 Å². The van der Waals surface area contributed by atoms with E-state index in [-0.39, 0.29) is 17.9 Å². The zero-order valence-corrected chi connectivity index (χ0v) is 15.5. The number of rotatable bonds is 6. The van der Waals surface area contributed by atoms with E-state index in [0.29, 0.717) is 10.9 Å². The van der Waals surface area contributed by atoms with E-state index >= 15 is 0 Å². The van der Waals surface area contributed by atoms with Gasteiger partial charge in [0.05, 0.1) is 23.6 Å². The molecule has 0 radical (unpaired) electrons. The number of nitrogens with zero attached hydrogens (tertiary/aromatic N) is 2. The summed E-state index contributed by atoms with van der Waals surface area (Å²) in [5, 5.41) is 10.2. The second kappa shape index (κ2) is 7.70. The topological polar surface area (TPSA) is 93.4 Å². The Hall–Kier alpha value is -2.67. The van der Waals surface area contributed by atoms with Crippen LogP contribution in [0, 0.1) is 5.41 Å². The van der Waals surface area contributed by atoms with Gasteiger partial charge in [0.1, 0.15) is 0 Å². The summed E-state index contributed by atoms with van der Waals surface area (Å²) >= 11 is 0. The maximum atomic E-state index is 13.0. The predicted octanol–water partition coefficient (Wildman–Crippen LogP) is 2.14. The molecule has 0 aliphatic carbocycles. The summed E-state index contributed by atoms with van der Waals surface area (Å²) in [5.74, 6) is -0.197. The molecule has 0 spiro atoms. The van der Waals surface area contributed by atoms with Crippen LogP contribution in [0.4, 0.5) is 0 Å². The third-order valence-corrected chi connectivity index (χ3v) is 3.84. The molecular formula is C19H25N3O4. The lowest BCUT2D eigenvalue weighted by Crippen LogP contribution is -2.40. The molecule has 0 bridgehead atoms. The van der Waals surface area contributed by atoms with Crippen molar-refractivity contribution in [3.63, 3.8) is 0 Å². The molecule has 0 aliphatic rings. The molecule has 2 atom stereocenters. The van der Waals surface area contributed by atoms with Crippen LogP contribution in [0.2, 0.25) is 0 Å². The standard InChI is InChI=1S/C19H25N3O4/c1-6-13(24)11-20-22-17(16(19(3,4)5)26-12(2)23)21-15-10-8-7-9-14(15)18(22)25/h6-10,13,16,20,24H,1,11H2,2-5H3/t13-,16+/m0/s1. The summed E-state index contributed by atoms with van der Waals surface area (Å²) in [4.78, 5) is 29.2. The number of aliphatic hydroxyl groups excluding tert-OH is 1. The van der Waals surface area contributed by atoms with Gasteiger partial charge in [-0.05, 0) is 12.1 Å². The number of aromatic nitrogens is 2. The van der Waals surface area contributed by atoms with E-state index in [1.54, 1.807) is 24.3 Å². The molecule has 0 amide bonds. The van der Waals surface area contributed by atoms with Crippen LogP contribution < -0.4 is 11.0 Å². The van der Waals surface area contributed by atoms with Crippen molar-refractivity contribution in [3.8, 4) is 0 Å². The minimum atomic E-state index is -0.844. The lowest BCUT2D eigenvalue weighted by atomic mass is 9.88. The summed E-state index contributed by atoms with van der Waals surface area (Å²) in [6, 6.07) is 6.95. The monoisotopic (exact) mass is 359 g/mol. The first-order valence-corrected chi connectivity index (χ1v) is 8.38. The zero-order chi connectivity index (χ0) is 19.5. The van der Waals surface area contributed by atoms with E-state index in [2.05, 4.69) is 17.0 Å². The highest BCUT2D eigenvalue weighted by Crippen LogP contribution is 2.35. The molecule has 2 aromatic rings. The fraction of sp³-hybridized carbons (Fsp3) is 0.421. The van der Waals surface area contributed by atoms with E-state index in [1.807, 2.05) is 20.8 Å². The first-order valence-electron chi connectivity index (χ1n) is 8.38. The molecule has 0 saturated carbocycles. The van der Waals surface area contributed by atoms with Crippen LogP contribution in [0.1, 0.15) is 39.6 Å². The third kappa shape index (κ3) is 4.29. The van der Waals surface area contributed by atoms with Gasteiger partial charge in [0, 0.05) is 12.3 Å². The molecule has 2 rings (SSSR count). The van der Waals surface area contributed by atoms with Crippen LogP contribution in [0.3, 0.4) is 0 Å². The highest BCUT2D eigenvalue weighted by Gasteiger charge is 2.34. The van der Waals surface area contributed by atoms with E-state index in [4.69, 9.17) is 4.74 Å². The van der Waals surface area contributed by atoms with E-state index in [9.17, 15) is 14.7 Å². The summed E-state index contributed by atoms with van der Waals surface area (Å²) in [5.41, 5.74) is 2.55. The average molecular weight is 359 g/mol. The number of carbonyl (C=O) groups is 1. The van der Waals surface area contributed by atoms with Gasteiger partial charge in [-0.1, -0.05) is 39.0 Å². The summed E-state index contributed by atoms with van der Waals surface area (Å²) in [6.07, 6.45) is -0.242. The number of benzene rings is 1. The first kappa shape index (κ1) is 19.7. The number of esters is 1. The van der Waals surface area contributed by atoms with Crippen molar-refractivity contribution in [2.75, 3.05) is 12.0 Å². The summed E-state index contributed by atoms with van der Waals surface area (Å²) < 4.78 is 6.74. The number of ether oxygens (including phenoxy) is 1. The molecule has 1 heterocycles. The molecular weight excluding hydrogens is 334 g/mol. The van der Waals surface area contributed by atoms with Gasteiger partial charge in [0.2, 0.25) is 0 Å². The number of hydrogen-bond acceptors (Lipinski definition) is 6. The number of nitrogens with one attached hydrogen (secondary N) is 1. The minimum absolute atomic E-state index is 0.0629. The van der Waals surface area contributed by atoms with Crippen LogP contribution in [0.15, 0.2) is 41.7 Å². The van der Waals surface area contributed by atoms with Crippen molar-refractivity contribution in [2.45, 2.75) is 39.9 Å². The number of hydrogen-bond donors (Lipinski definition) is 2. The number of carbonyl (C=O) groups excluding carboxylic acids is 1. The summed E-state index contributed by atoms with van der Waals surface area (Å²) in [7, 11) is 0. The van der Waals surface area contributed by atoms with Crippen LogP contribution in [0.5, 0.6) is 0 Å². The lowest BCUT2D eigenvalue weighted by molar-refractivity contribution is -0.153. The van der Waals surface area contributed by atoms with Crippen molar-refractivity contribution in [1.82, 2.24) is 9.66 Å². The first-order chi connectivity index (χ1) is 12.1. The molecule has 0 unspecified atom stereocenters. The van der Waals surface area contributed by atoms with Crippen molar-refractivity contribution in [1.29, 1.82) is 0 Å². The molecule has 1 aromatic carbocycles. The second-order valence-corrected chi connectivity index (χ2v) is 7.15. The lowest BCUT2D eigenvalue weighted by Gasteiger charge is -2.31. The molecule has 0 aliphatic heterocycles. The quantitative estimate of drug-likeness (QED) is 0.606. The predicted molar refractivity (Wildman–Crippen MR) is 100 cm³/mol. The number of aliphatic hydroxyl groups is 1. The van der Waals surface area contributed by atoms with Gasteiger partial charge in [0.15, 0.2) is 11.9 Å². The van der Waals surface area contributed by atoms with E-state index < -0.39 is 23.6 Å². The van der Waals surface area contributed by atoms with Crippen molar-refractivity contribution >= 4 is 16.9 Å². The second-order valence-electron chi connectivity index (χ2n) is 7.15. The SMILES string of the molecule is C=C[C@H](O)CNn1c([C@@H](OC(C)=O)C(C)(C)C)nc2ccccc2c1=O. The van der Waals surface area contributed by atoms with Crippen LogP contribution in [0.25, 0.3) is 10.9 Å². The Morgan fingerprint density at radius 2 is 2.08 bits per heavy atom.